The van der Waals surface area contributed by atoms with Crippen LogP contribution in [0.4, 0.5) is 17.2 Å². The summed E-state index contributed by atoms with van der Waals surface area (Å²) < 4.78 is 0. The van der Waals surface area contributed by atoms with Crippen LogP contribution in [0.15, 0.2) is 54.6 Å². The molecule has 0 saturated carbocycles. The van der Waals surface area contributed by atoms with Crippen LogP contribution in [0.3, 0.4) is 0 Å². The van der Waals surface area contributed by atoms with Crippen LogP contribution in [0, 0.1) is 11.3 Å². The highest BCUT2D eigenvalue weighted by atomic mass is 15.1. The Labute approximate surface area is 158 Å². The normalized spacial score (nSPS) is 13.5. The fraction of sp³-hybridized carbons (Fsp3) is 0.182. The zero-order chi connectivity index (χ0) is 18.8. The molecule has 0 spiro atoms. The quantitative estimate of drug-likeness (QED) is 0.692. The summed E-state index contributed by atoms with van der Waals surface area (Å²) in [5.41, 5.74) is 17.6. The molecule has 3 aromatic rings. The van der Waals surface area contributed by atoms with Crippen LogP contribution >= 0.6 is 0 Å². The van der Waals surface area contributed by atoms with Crippen LogP contribution in [0.1, 0.15) is 18.4 Å². The summed E-state index contributed by atoms with van der Waals surface area (Å²) in [6.07, 6.45) is 2.48. The van der Waals surface area contributed by atoms with Gasteiger partial charge in [0.25, 0.3) is 0 Å². The van der Waals surface area contributed by atoms with Gasteiger partial charge in [0.05, 0.1) is 5.69 Å². The summed E-state index contributed by atoms with van der Waals surface area (Å²) in [5, 5.41) is 9.59. The van der Waals surface area contributed by atoms with Crippen LogP contribution in [0.25, 0.3) is 22.4 Å². The molecule has 5 nitrogen and oxygen atoms in total. The molecular formula is C22H21N5. The molecule has 0 radical (unpaired) electrons. The van der Waals surface area contributed by atoms with Gasteiger partial charge in [-0.3, -0.25) is 0 Å². The van der Waals surface area contributed by atoms with E-state index in [1.54, 1.807) is 0 Å². The average Bonchev–Trinajstić information content (AvgIpc) is 3.23. The molecule has 2 heterocycles. The zero-order valence-electron chi connectivity index (χ0n) is 15.0. The van der Waals surface area contributed by atoms with Gasteiger partial charge in [-0.1, -0.05) is 24.3 Å². The maximum Gasteiger partial charge on any atom is 0.142 e. The Balaban J connectivity index is 1.76. The van der Waals surface area contributed by atoms with Gasteiger partial charge in [0.15, 0.2) is 0 Å². The molecule has 4 N–H and O–H groups in total. The summed E-state index contributed by atoms with van der Waals surface area (Å²) in [6, 6.07) is 19.9. The number of anilines is 3. The van der Waals surface area contributed by atoms with Crippen molar-refractivity contribution in [1.29, 1.82) is 5.26 Å². The molecule has 0 bridgehead atoms. The summed E-state index contributed by atoms with van der Waals surface area (Å²) in [5.74, 6) is 0.241. The first-order valence-corrected chi connectivity index (χ1v) is 9.07. The first-order chi connectivity index (χ1) is 13.2. The van der Waals surface area contributed by atoms with E-state index in [4.69, 9.17) is 11.5 Å². The van der Waals surface area contributed by atoms with Gasteiger partial charge < -0.3 is 16.4 Å². The standard InChI is InChI=1S/C22H21N5/c23-14-20-19(15-5-9-18(10-6-15)27-11-1-2-12-27)13-21(26-22(20)25)16-3-7-17(24)8-4-16/h3-10,13H,1-2,11-12,24H2,(H2,25,26). The number of hydrogen-bond acceptors (Lipinski definition) is 5. The monoisotopic (exact) mass is 355 g/mol. The summed E-state index contributed by atoms with van der Waals surface area (Å²) >= 11 is 0. The predicted octanol–water partition coefficient (Wildman–Crippen LogP) is 4.05. The first kappa shape index (κ1) is 16.9. The lowest BCUT2D eigenvalue weighted by molar-refractivity contribution is 0.949. The van der Waals surface area contributed by atoms with Crippen LogP contribution in [-0.2, 0) is 0 Å². The number of aromatic nitrogens is 1. The topological polar surface area (TPSA) is 92.0 Å². The van der Waals surface area contributed by atoms with E-state index >= 15 is 0 Å². The van der Waals surface area contributed by atoms with Crippen LogP contribution < -0.4 is 16.4 Å². The van der Waals surface area contributed by atoms with E-state index in [2.05, 4.69) is 40.2 Å². The Kier molecular flexibility index (Phi) is 4.39. The minimum Gasteiger partial charge on any atom is -0.399 e. The van der Waals surface area contributed by atoms with Crippen molar-refractivity contribution in [3.8, 4) is 28.5 Å². The predicted molar refractivity (Wildman–Crippen MR) is 110 cm³/mol. The third kappa shape index (κ3) is 3.30. The van der Waals surface area contributed by atoms with Crippen LogP contribution in [0.2, 0.25) is 0 Å². The van der Waals surface area contributed by atoms with Crippen molar-refractivity contribution in [2.45, 2.75) is 12.8 Å². The molecule has 1 aliphatic heterocycles. The molecular weight excluding hydrogens is 334 g/mol. The van der Waals surface area contributed by atoms with Gasteiger partial charge in [-0.05, 0) is 48.7 Å². The fourth-order valence-corrected chi connectivity index (χ4v) is 3.54. The van der Waals surface area contributed by atoms with Crippen molar-refractivity contribution in [1.82, 2.24) is 4.98 Å². The Bertz CT molecular complexity index is 995. The van der Waals surface area contributed by atoms with Crippen molar-refractivity contribution >= 4 is 17.2 Å². The Morgan fingerprint density at radius 2 is 1.52 bits per heavy atom. The van der Waals surface area contributed by atoms with E-state index in [0.717, 1.165) is 35.5 Å². The number of hydrogen-bond donors (Lipinski definition) is 2. The summed E-state index contributed by atoms with van der Waals surface area (Å²) in [7, 11) is 0. The van der Waals surface area contributed by atoms with Gasteiger partial charge in [-0.15, -0.1) is 0 Å². The lowest BCUT2D eigenvalue weighted by Gasteiger charge is -2.18. The molecule has 0 atom stereocenters. The van der Waals surface area contributed by atoms with E-state index < -0.39 is 0 Å². The molecule has 27 heavy (non-hydrogen) atoms. The summed E-state index contributed by atoms with van der Waals surface area (Å²) in [6.45, 7) is 2.21. The molecule has 1 aromatic heterocycles. The van der Waals surface area contributed by atoms with Gasteiger partial charge in [0.2, 0.25) is 0 Å². The van der Waals surface area contributed by atoms with Crippen LogP contribution in [-0.4, -0.2) is 18.1 Å². The molecule has 1 saturated heterocycles. The van der Waals surface area contributed by atoms with Gasteiger partial charge in [-0.2, -0.15) is 5.26 Å². The number of nitrogens with zero attached hydrogens (tertiary/aromatic N) is 3. The molecule has 0 unspecified atom stereocenters. The highest BCUT2D eigenvalue weighted by molar-refractivity contribution is 5.81. The molecule has 1 fully saturated rings. The Morgan fingerprint density at radius 3 is 2.15 bits per heavy atom. The van der Waals surface area contributed by atoms with E-state index in [9.17, 15) is 5.26 Å². The second-order valence-corrected chi connectivity index (χ2v) is 6.79. The average molecular weight is 355 g/mol. The zero-order valence-corrected chi connectivity index (χ0v) is 15.0. The molecule has 5 heteroatoms. The number of nitriles is 1. The SMILES string of the molecule is N#Cc1c(-c2ccc(N3CCCC3)cc2)cc(-c2ccc(N)cc2)nc1N. The molecule has 1 aliphatic rings. The van der Waals surface area contributed by atoms with Gasteiger partial charge >= 0.3 is 0 Å². The van der Waals surface area contributed by atoms with Crippen molar-refractivity contribution in [3.05, 3.63) is 60.2 Å². The largest absolute Gasteiger partial charge is 0.399 e. The lowest BCUT2D eigenvalue weighted by Crippen LogP contribution is -2.17. The van der Waals surface area contributed by atoms with Crippen LogP contribution in [0.5, 0.6) is 0 Å². The number of rotatable bonds is 3. The van der Waals surface area contributed by atoms with Crippen molar-refractivity contribution in [2.75, 3.05) is 29.5 Å². The molecule has 0 amide bonds. The number of nitrogens with two attached hydrogens (primary N) is 2. The third-order valence-electron chi connectivity index (χ3n) is 5.02. The first-order valence-electron chi connectivity index (χ1n) is 9.07. The third-order valence-corrected chi connectivity index (χ3v) is 5.02. The second kappa shape index (κ2) is 7.00. The van der Waals surface area contributed by atoms with Gasteiger partial charge in [-0.25, -0.2) is 4.98 Å². The molecule has 0 aliphatic carbocycles. The minimum atomic E-state index is 0.241. The molecule has 2 aromatic carbocycles. The number of nitrogen functional groups attached to an aromatic ring is 2. The van der Waals surface area contributed by atoms with E-state index in [1.807, 2.05) is 30.3 Å². The fourth-order valence-electron chi connectivity index (χ4n) is 3.54. The maximum atomic E-state index is 9.59. The van der Waals surface area contributed by atoms with E-state index in [-0.39, 0.29) is 5.82 Å². The van der Waals surface area contributed by atoms with E-state index in [1.165, 1.54) is 18.5 Å². The second-order valence-electron chi connectivity index (χ2n) is 6.79. The van der Waals surface area contributed by atoms with E-state index in [0.29, 0.717) is 11.3 Å². The van der Waals surface area contributed by atoms with Crippen molar-refractivity contribution in [3.63, 3.8) is 0 Å². The van der Waals surface area contributed by atoms with Gasteiger partial charge in [0.1, 0.15) is 17.5 Å². The van der Waals surface area contributed by atoms with Gasteiger partial charge in [0, 0.05) is 35.6 Å². The smallest absolute Gasteiger partial charge is 0.142 e. The maximum absolute atomic E-state index is 9.59. The Hall–Kier alpha value is -3.52. The lowest BCUT2D eigenvalue weighted by atomic mass is 9.98. The molecule has 134 valence electrons. The van der Waals surface area contributed by atoms with Crippen molar-refractivity contribution < 1.29 is 0 Å². The minimum absolute atomic E-state index is 0.241. The number of pyridine rings is 1. The summed E-state index contributed by atoms with van der Waals surface area (Å²) in [4.78, 5) is 6.80. The Morgan fingerprint density at radius 1 is 0.889 bits per heavy atom. The highest BCUT2D eigenvalue weighted by Gasteiger charge is 2.15. The number of benzene rings is 2. The van der Waals surface area contributed by atoms with Crippen molar-refractivity contribution in [2.24, 2.45) is 0 Å². The highest BCUT2D eigenvalue weighted by Crippen LogP contribution is 2.32. The molecule has 4 rings (SSSR count).